The number of nitrogens with zero attached hydrogens (tertiary/aromatic N) is 1. The second-order valence-electron chi connectivity index (χ2n) is 5.19. The molecule has 0 unspecified atom stereocenters. The van der Waals surface area contributed by atoms with Crippen LogP contribution in [-0.4, -0.2) is 38.8 Å². The number of ether oxygens (including phenoxy) is 1. The molecule has 0 atom stereocenters. The van der Waals surface area contributed by atoms with E-state index >= 15 is 0 Å². The summed E-state index contributed by atoms with van der Waals surface area (Å²) < 4.78 is 31.5. The molecule has 7 heteroatoms. The molecule has 0 radical (unpaired) electrons. The average Bonchev–Trinajstić information content (AvgIpc) is 2.47. The molecule has 0 bridgehead atoms. The summed E-state index contributed by atoms with van der Waals surface area (Å²) in [7, 11) is -1.94. The summed E-state index contributed by atoms with van der Waals surface area (Å²) in [4.78, 5) is 11.2. The van der Waals surface area contributed by atoms with Crippen LogP contribution in [0.4, 0.5) is 0 Å². The van der Waals surface area contributed by atoms with Crippen molar-refractivity contribution in [3.8, 4) is 5.75 Å². The number of primary amides is 1. The molecule has 6 nitrogen and oxygen atoms in total. The molecular formula is C14H20N2O4S. The van der Waals surface area contributed by atoms with E-state index in [1.54, 1.807) is 24.3 Å². The minimum Gasteiger partial charge on any atom is -0.497 e. The molecule has 0 aliphatic carbocycles. The van der Waals surface area contributed by atoms with Gasteiger partial charge in [-0.25, -0.2) is 8.42 Å². The number of methoxy groups -OCH3 is 1. The van der Waals surface area contributed by atoms with Gasteiger partial charge in [0.05, 0.1) is 12.0 Å². The zero-order chi connectivity index (χ0) is 15.5. The molecule has 1 amide bonds. The number of rotatable bonds is 5. The fraction of sp³-hybridized carbons (Fsp3) is 0.500. The Kier molecular flexibility index (Phi) is 4.84. The van der Waals surface area contributed by atoms with Gasteiger partial charge >= 0.3 is 0 Å². The number of carbonyl (C=O) groups is 1. The van der Waals surface area contributed by atoms with Crippen LogP contribution in [0, 0.1) is 5.92 Å². The van der Waals surface area contributed by atoms with Crippen molar-refractivity contribution >= 4 is 15.9 Å². The van der Waals surface area contributed by atoms with Crippen molar-refractivity contribution in [2.45, 2.75) is 24.2 Å². The number of amides is 1. The van der Waals surface area contributed by atoms with E-state index in [4.69, 9.17) is 10.5 Å². The molecule has 1 aliphatic rings. The number of carbonyl (C=O) groups excluding carboxylic acids is 1. The monoisotopic (exact) mass is 312 g/mol. The average molecular weight is 312 g/mol. The maximum Gasteiger partial charge on any atom is 0.243 e. The van der Waals surface area contributed by atoms with Crippen LogP contribution in [0.1, 0.15) is 19.3 Å². The Labute approximate surface area is 124 Å². The highest BCUT2D eigenvalue weighted by atomic mass is 32.2. The van der Waals surface area contributed by atoms with Gasteiger partial charge < -0.3 is 10.5 Å². The molecule has 2 N–H and O–H groups in total. The SMILES string of the molecule is COc1ccc(S(=O)(=O)N2CCC(CC(N)=O)CC2)cc1. The first kappa shape index (κ1) is 15.8. The van der Waals surface area contributed by atoms with E-state index in [0.29, 0.717) is 38.1 Å². The van der Waals surface area contributed by atoms with E-state index in [0.717, 1.165) is 0 Å². The van der Waals surface area contributed by atoms with Gasteiger partial charge in [-0.1, -0.05) is 0 Å². The summed E-state index contributed by atoms with van der Waals surface area (Å²) in [5.41, 5.74) is 5.18. The smallest absolute Gasteiger partial charge is 0.243 e. The lowest BCUT2D eigenvalue weighted by molar-refractivity contribution is -0.119. The Morgan fingerprint density at radius 2 is 1.86 bits per heavy atom. The van der Waals surface area contributed by atoms with Gasteiger partial charge in [0.15, 0.2) is 0 Å². The Morgan fingerprint density at radius 3 is 2.33 bits per heavy atom. The summed E-state index contributed by atoms with van der Waals surface area (Å²) in [6.45, 7) is 0.846. The maximum atomic E-state index is 12.5. The van der Waals surface area contributed by atoms with Gasteiger partial charge in [0.1, 0.15) is 5.75 Å². The largest absolute Gasteiger partial charge is 0.497 e. The lowest BCUT2D eigenvalue weighted by atomic mass is 9.94. The molecule has 0 aromatic heterocycles. The van der Waals surface area contributed by atoms with E-state index in [1.165, 1.54) is 11.4 Å². The molecule has 1 aromatic rings. The Hall–Kier alpha value is -1.60. The number of benzene rings is 1. The third-order valence-corrected chi connectivity index (χ3v) is 5.67. The third-order valence-electron chi connectivity index (χ3n) is 3.76. The van der Waals surface area contributed by atoms with Gasteiger partial charge in [-0.15, -0.1) is 0 Å². The molecule has 0 saturated carbocycles. The third kappa shape index (κ3) is 3.74. The fourth-order valence-electron chi connectivity index (χ4n) is 2.54. The zero-order valence-electron chi connectivity index (χ0n) is 12.0. The number of nitrogens with two attached hydrogens (primary N) is 1. The van der Waals surface area contributed by atoms with Crippen LogP contribution in [0.25, 0.3) is 0 Å². The van der Waals surface area contributed by atoms with Crippen molar-refractivity contribution in [2.75, 3.05) is 20.2 Å². The van der Waals surface area contributed by atoms with Crippen molar-refractivity contribution in [3.63, 3.8) is 0 Å². The number of piperidine rings is 1. The number of hydrogen-bond donors (Lipinski definition) is 1. The van der Waals surface area contributed by atoms with E-state index in [9.17, 15) is 13.2 Å². The second-order valence-corrected chi connectivity index (χ2v) is 7.13. The van der Waals surface area contributed by atoms with Crippen LogP contribution in [-0.2, 0) is 14.8 Å². The van der Waals surface area contributed by atoms with Gasteiger partial charge in [-0.3, -0.25) is 4.79 Å². The molecule has 1 heterocycles. The summed E-state index contributed by atoms with van der Waals surface area (Å²) in [6, 6.07) is 6.35. The van der Waals surface area contributed by atoms with Crippen LogP contribution >= 0.6 is 0 Å². The Morgan fingerprint density at radius 1 is 1.29 bits per heavy atom. The minimum atomic E-state index is -3.48. The summed E-state index contributed by atoms with van der Waals surface area (Å²) >= 11 is 0. The van der Waals surface area contributed by atoms with Crippen molar-refractivity contribution in [3.05, 3.63) is 24.3 Å². The van der Waals surface area contributed by atoms with Crippen molar-refractivity contribution in [1.82, 2.24) is 4.31 Å². The molecule has 1 saturated heterocycles. The molecule has 1 aliphatic heterocycles. The Bertz CT molecular complexity index is 590. The number of hydrogen-bond acceptors (Lipinski definition) is 4. The quantitative estimate of drug-likeness (QED) is 0.877. The summed E-state index contributed by atoms with van der Waals surface area (Å²) in [5.74, 6) is 0.477. The predicted octanol–water partition coefficient (Wildman–Crippen LogP) is 0.971. The molecular weight excluding hydrogens is 292 g/mol. The van der Waals surface area contributed by atoms with Crippen molar-refractivity contribution in [2.24, 2.45) is 11.7 Å². The molecule has 116 valence electrons. The first-order valence-corrected chi connectivity index (χ1v) is 8.30. The van der Waals surface area contributed by atoms with E-state index in [2.05, 4.69) is 0 Å². The molecule has 1 aromatic carbocycles. The lowest BCUT2D eigenvalue weighted by Gasteiger charge is -2.30. The highest BCUT2D eigenvalue weighted by molar-refractivity contribution is 7.89. The second kappa shape index (κ2) is 6.44. The summed E-state index contributed by atoms with van der Waals surface area (Å²) in [6.07, 6.45) is 1.66. The van der Waals surface area contributed by atoms with E-state index in [1.807, 2.05) is 0 Å². The van der Waals surface area contributed by atoms with Crippen molar-refractivity contribution < 1.29 is 17.9 Å². The highest BCUT2D eigenvalue weighted by Crippen LogP contribution is 2.26. The first-order valence-electron chi connectivity index (χ1n) is 6.86. The standard InChI is InChI=1S/C14H20N2O4S/c1-20-12-2-4-13(5-3-12)21(18,19)16-8-6-11(7-9-16)10-14(15)17/h2-5,11H,6-10H2,1H3,(H2,15,17). The van der Waals surface area contributed by atoms with Crippen LogP contribution in [0.5, 0.6) is 5.75 Å². The zero-order valence-corrected chi connectivity index (χ0v) is 12.8. The number of sulfonamides is 1. The normalized spacial score (nSPS) is 17.6. The Balaban J connectivity index is 2.05. The van der Waals surface area contributed by atoms with Gasteiger partial charge in [0.25, 0.3) is 0 Å². The van der Waals surface area contributed by atoms with Crippen LogP contribution in [0.15, 0.2) is 29.2 Å². The maximum absolute atomic E-state index is 12.5. The van der Waals surface area contributed by atoms with E-state index < -0.39 is 10.0 Å². The van der Waals surface area contributed by atoms with Crippen LogP contribution in [0.2, 0.25) is 0 Å². The fourth-order valence-corrected chi connectivity index (χ4v) is 4.00. The van der Waals surface area contributed by atoms with E-state index in [-0.39, 0.29) is 16.7 Å². The molecule has 1 fully saturated rings. The topological polar surface area (TPSA) is 89.7 Å². The predicted molar refractivity (Wildman–Crippen MR) is 78.3 cm³/mol. The summed E-state index contributed by atoms with van der Waals surface area (Å²) in [5, 5.41) is 0. The van der Waals surface area contributed by atoms with Gasteiger partial charge in [-0.05, 0) is 43.0 Å². The highest BCUT2D eigenvalue weighted by Gasteiger charge is 2.29. The molecule has 21 heavy (non-hydrogen) atoms. The minimum absolute atomic E-state index is 0.185. The van der Waals surface area contributed by atoms with Gasteiger partial charge in [-0.2, -0.15) is 4.31 Å². The van der Waals surface area contributed by atoms with Crippen LogP contribution < -0.4 is 10.5 Å². The van der Waals surface area contributed by atoms with Crippen molar-refractivity contribution in [1.29, 1.82) is 0 Å². The molecule has 2 rings (SSSR count). The van der Waals surface area contributed by atoms with Gasteiger partial charge in [0.2, 0.25) is 15.9 Å². The first-order chi connectivity index (χ1) is 9.93. The molecule has 0 spiro atoms. The van der Waals surface area contributed by atoms with Crippen LogP contribution in [0.3, 0.4) is 0 Å². The van der Waals surface area contributed by atoms with Gasteiger partial charge in [0, 0.05) is 19.5 Å². The lowest BCUT2D eigenvalue weighted by Crippen LogP contribution is -2.39.